The summed E-state index contributed by atoms with van der Waals surface area (Å²) in [5, 5.41) is 4.63. The van der Waals surface area contributed by atoms with Crippen molar-refractivity contribution in [3.63, 3.8) is 0 Å². The van der Waals surface area contributed by atoms with Crippen LogP contribution in [-0.2, 0) is 4.79 Å². The number of rotatable bonds is 2. The standard InChI is InChI=1S/C11H8ClN3O/c1-8-5-14-15(6-8)11-3-2-9(13-7-16)4-10(11)12/h2-6H,1H3. The number of benzene rings is 1. The van der Waals surface area contributed by atoms with E-state index in [0.717, 1.165) is 11.3 Å². The lowest BCUT2D eigenvalue weighted by Crippen LogP contribution is -1.94. The molecule has 0 amide bonds. The van der Waals surface area contributed by atoms with Crippen LogP contribution in [0.25, 0.3) is 5.69 Å². The molecule has 0 bridgehead atoms. The van der Waals surface area contributed by atoms with Crippen molar-refractivity contribution in [1.82, 2.24) is 9.78 Å². The number of aromatic nitrogens is 2. The molecule has 0 saturated heterocycles. The van der Waals surface area contributed by atoms with Gasteiger partial charge in [-0.2, -0.15) is 10.1 Å². The number of halogens is 1. The van der Waals surface area contributed by atoms with Gasteiger partial charge in [0, 0.05) is 6.20 Å². The summed E-state index contributed by atoms with van der Waals surface area (Å²) >= 11 is 6.06. The maximum absolute atomic E-state index is 10.1. The van der Waals surface area contributed by atoms with Gasteiger partial charge in [-0.1, -0.05) is 11.6 Å². The van der Waals surface area contributed by atoms with Crippen molar-refractivity contribution in [2.75, 3.05) is 0 Å². The molecule has 0 fully saturated rings. The first kappa shape index (κ1) is 10.6. The van der Waals surface area contributed by atoms with Crippen molar-refractivity contribution in [3.8, 4) is 5.69 Å². The van der Waals surface area contributed by atoms with Crippen molar-refractivity contribution < 1.29 is 4.79 Å². The van der Waals surface area contributed by atoms with Crippen LogP contribution in [0.2, 0.25) is 5.02 Å². The SMILES string of the molecule is Cc1cnn(-c2ccc(N=C=O)cc2Cl)c1. The van der Waals surface area contributed by atoms with Gasteiger partial charge in [0.05, 0.1) is 22.6 Å². The number of hydrogen-bond acceptors (Lipinski definition) is 3. The van der Waals surface area contributed by atoms with E-state index in [1.54, 1.807) is 29.1 Å². The summed E-state index contributed by atoms with van der Waals surface area (Å²) in [6.07, 6.45) is 5.08. The predicted molar refractivity (Wildman–Crippen MR) is 61.1 cm³/mol. The first-order chi connectivity index (χ1) is 7.70. The van der Waals surface area contributed by atoms with Crippen molar-refractivity contribution in [2.45, 2.75) is 6.92 Å². The van der Waals surface area contributed by atoms with Gasteiger partial charge in [0.15, 0.2) is 0 Å². The fraction of sp³-hybridized carbons (Fsp3) is 0.0909. The first-order valence-electron chi connectivity index (χ1n) is 4.60. The quantitative estimate of drug-likeness (QED) is 0.592. The van der Waals surface area contributed by atoms with E-state index in [4.69, 9.17) is 11.6 Å². The molecule has 0 aliphatic heterocycles. The Balaban J connectivity index is 2.47. The lowest BCUT2D eigenvalue weighted by Gasteiger charge is -2.04. The molecule has 0 unspecified atom stereocenters. The molecule has 1 aromatic carbocycles. The van der Waals surface area contributed by atoms with Gasteiger partial charge in [0.25, 0.3) is 0 Å². The Labute approximate surface area is 97.2 Å². The Bertz CT molecular complexity index is 570. The van der Waals surface area contributed by atoms with Crippen LogP contribution in [0.4, 0.5) is 5.69 Å². The number of isocyanates is 1. The third-order valence-corrected chi connectivity index (χ3v) is 2.37. The Morgan fingerprint density at radius 3 is 2.88 bits per heavy atom. The third kappa shape index (κ3) is 2.03. The summed E-state index contributed by atoms with van der Waals surface area (Å²) in [6.45, 7) is 1.95. The van der Waals surface area contributed by atoms with E-state index in [2.05, 4.69) is 10.1 Å². The number of aliphatic imine (C=N–C) groups is 1. The Morgan fingerprint density at radius 1 is 1.50 bits per heavy atom. The van der Waals surface area contributed by atoms with Gasteiger partial charge < -0.3 is 0 Å². The van der Waals surface area contributed by atoms with Crippen molar-refractivity contribution in [1.29, 1.82) is 0 Å². The zero-order valence-corrected chi connectivity index (χ0v) is 9.27. The summed E-state index contributed by atoms with van der Waals surface area (Å²) in [5.74, 6) is 0. The maximum Gasteiger partial charge on any atom is 0.240 e. The minimum Gasteiger partial charge on any atom is -0.239 e. The van der Waals surface area contributed by atoms with Crippen LogP contribution < -0.4 is 0 Å². The lowest BCUT2D eigenvalue weighted by molar-refractivity contribution is 0.565. The van der Waals surface area contributed by atoms with E-state index in [0.29, 0.717) is 10.7 Å². The molecular weight excluding hydrogens is 226 g/mol. The first-order valence-corrected chi connectivity index (χ1v) is 4.97. The second-order valence-electron chi connectivity index (χ2n) is 3.30. The molecule has 80 valence electrons. The topological polar surface area (TPSA) is 47.2 Å². The van der Waals surface area contributed by atoms with E-state index in [1.165, 1.54) is 6.08 Å². The molecule has 0 aliphatic carbocycles. The highest BCUT2D eigenvalue weighted by atomic mass is 35.5. The van der Waals surface area contributed by atoms with Crippen molar-refractivity contribution in [2.24, 2.45) is 4.99 Å². The average Bonchev–Trinajstić information content (AvgIpc) is 2.65. The molecule has 0 spiro atoms. The molecule has 0 saturated carbocycles. The number of hydrogen-bond donors (Lipinski definition) is 0. The summed E-state index contributed by atoms with van der Waals surface area (Å²) in [7, 11) is 0. The van der Waals surface area contributed by atoms with Gasteiger partial charge in [-0.05, 0) is 30.7 Å². The molecule has 0 atom stereocenters. The molecule has 2 aromatic rings. The van der Waals surface area contributed by atoms with Gasteiger partial charge in [0.1, 0.15) is 0 Å². The molecule has 4 nitrogen and oxygen atoms in total. The molecule has 0 N–H and O–H groups in total. The zero-order valence-electron chi connectivity index (χ0n) is 8.51. The van der Waals surface area contributed by atoms with Crippen LogP contribution in [0, 0.1) is 6.92 Å². The fourth-order valence-corrected chi connectivity index (χ4v) is 1.61. The molecule has 0 radical (unpaired) electrons. The van der Waals surface area contributed by atoms with Crippen LogP contribution in [0.3, 0.4) is 0 Å². The number of nitrogens with zero attached hydrogens (tertiary/aromatic N) is 3. The monoisotopic (exact) mass is 233 g/mol. The van der Waals surface area contributed by atoms with Crippen LogP contribution in [0.5, 0.6) is 0 Å². The Kier molecular flexibility index (Phi) is 2.86. The van der Waals surface area contributed by atoms with Crippen LogP contribution in [0.1, 0.15) is 5.56 Å². The van der Waals surface area contributed by atoms with Gasteiger partial charge in [-0.3, -0.25) is 0 Å². The summed E-state index contributed by atoms with van der Waals surface area (Å²) in [4.78, 5) is 13.6. The zero-order chi connectivity index (χ0) is 11.5. The normalized spacial score (nSPS) is 9.88. The average molecular weight is 234 g/mol. The van der Waals surface area contributed by atoms with Crippen LogP contribution in [-0.4, -0.2) is 15.9 Å². The van der Waals surface area contributed by atoms with Crippen molar-refractivity contribution in [3.05, 3.63) is 41.2 Å². The predicted octanol–water partition coefficient (Wildman–Crippen LogP) is 2.80. The molecule has 1 heterocycles. The second-order valence-corrected chi connectivity index (χ2v) is 3.71. The second kappa shape index (κ2) is 4.31. The molecule has 2 rings (SSSR count). The smallest absolute Gasteiger partial charge is 0.239 e. The summed E-state index contributed by atoms with van der Waals surface area (Å²) in [5.41, 5.74) is 2.28. The van der Waals surface area contributed by atoms with Gasteiger partial charge in [-0.25, -0.2) is 9.48 Å². The summed E-state index contributed by atoms with van der Waals surface area (Å²) in [6, 6.07) is 5.03. The molecule has 1 aromatic heterocycles. The van der Waals surface area contributed by atoms with E-state index in [9.17, 15) is 4.79 Å². The van der Waals surface area contributed by atoms with Crippen LogP contribution >= 0.6 is 11.6 Å². The highest BCUT2D eigenvalue weighted by molar-refractivity contribution is 6.32. The molecular formula is C11H8ClN3O. The lowest BCUT2D eigenvalue weighted by atomic mass is 10.3. The Morgan fingerprint density at radius 2 is 2.31 bits per heavy atom. The third-order valence-electron chi connectivity index (χ3n) is 2.06. The minimum atomic E-state index is 0.479. The molecule has 5 heteroatoms. The highest BCUT2D eigenvalue weighted by Crippen LogP contribution is 2.25. The van der Waals surface area contributed by atoms with Gasteiger partial charge in [0.2, 0.25) is 6.08 Å². The van der Waals surface area contributed by atoms with E-state index < -0.39 is 0 Å². The highest BCUT2D eigenvalue weighted by Gasteiger charge is 2.04. The minimum absolute atomic E-state index is 0.479. The number of aryl methyl sites for hydroxylation is 1. The summed E-state index contributed by atoms with van der Waals surface area (Å²) < 4.78 is 1.67. The van der Waals surface area contributed by atoms with Gasteiger partial charge >= 0.3 is 0 Å². The Hall–Kier alpha value is -1.90. The fourth-order valence-electron chi connectivity index (χ4n) is 1.35. The van der Waals surface area contributed by atoms with Crippen molar-refractivity contribution >= 4 is 23.4 Å². The van der Waals surface area contributed by atoms with Crippen LogP contribution in [0.15, 0.2) is 35.6 Å². The number of carbonyl (C=O) groups excluding carboxylic acids is 1. The molecule has 0 aliphatic rings. The van der Waals surface area contributed by atoms with Gasteiger partial charge in [-0.15, -0.1) is 0 Å². The van der Waals surface area contributed by atoms with E-state index >= 15 is 0 Å². The largest absolute Gasteiger partial charge is 0.240 e. The van der Waals surface area contributed by atoms with E-state index in [-0.39, 0.29) is 0 Å². The maximum atomic E-state index is 10.1. The molecule has 16 heavy (non-hydrogen) atoms. The van der Waals surface area contributed by atoms with E-state index in [1.807, 2.05) is 13.1 Å².